The molecule has 3 aromatic rings. The van der Waals surface area contributed by atoms with Crippen molar-refractivity contribution in [2.75, 3.05) is 12.0 Å². The third kappa shape index (κ3) is 4.26. The summed E-state index contributed by atoms with van der Waals surface area (Å²) in [5.74, 6) is -1.89. The van der Waals surface area contributed by atoms with Crippen molar-refractivity contribution in [2.45, 2.75) is 27.7 Å². The van der Waals surface area contributed by atoms with Crippen molar-refractivity contribution in [1.29, 1.82) is 0 Å². The summed E-state index contributed by atoms with van der Waals surface area (Å²) < 4.78 is 6.79. The number of nitrogens with zero attached hydrogens (tertiary/aromatic N) is 2. The molecule has 2 aromatic carbocycles. The molecule has 35 heavy (non-hydrogen) atoms. The maximum atomic E-state index is 13.2. The molecule has 1 aliphatic rings. The summed E-state index contributed by atoms with van der Waals surface area (Å²) in [4.78, 5) is 51.3. The van der Waals surface area contributed by atoms with Crippen LogP contribution in [0.25, 0.3) is 11.8 Å². The summed E-state index contributed by atoms with van der Waals surface area (Å²) in [7, 11) is 1.33. The van der Waals surface area contributed by atoms with E-state index in [9.17, 15) is 19.2 Å². The Morgan fingerprint density at radius 1 is 0.943 bits per heavy atom. The maximum absolute atomic E-state index is 13.2. The van der Waals surface area contributed by atoms with Crippen LogP contribution in [0.1, 0.15) is 38.4 Å². The molecule has 4 amide bonds. The largest absolute Gasteiger partial charge is 0.465 e. The third-order valence-corrected chi connectivity index (χ3v) is 6.04. The van der Waals surface area contributed by atoms with Gasteiger partial charge in [0.2, 0.25) is 0 Å². The van der Waals surface area contributed by atoms with E-state index in [4.69, 9.17) is 4.74 Å². The summed E-state index contributed by atoms with van der Waals surface area (Å²) in [5, 5.41) is 2.25. The number of carbonyl (C=O) groups excluding carboxylic acids is 4. The van der Waals surface area contributed by atoms with E-state index >= 15 is 0 Å². The van der Waals surface area contributed by atoms with Crippen molar-refractivity contribution < 1.29 is 23.9 Å². The number of rotatable bonds is 4. The first kappa shape index (κ1) is 23.7. The molecule has 0 bridgehead atoms. The van der Waals surface area contributed by atoms with E-state index in [0.717, 1.165) is 33.1 Å². The minimum Gasteiger partial charge on any atom is -0.465 e. The SMILES string of the molecule is COC(=O)c1ccc(C)c(-n2c(C)cc(/C=C3\C(=O)NC(=O)N(c4ccc(C)cc4)C3=O)c2C)c1. The molecule has 0 spiro atoms. The molecule has 178 valence electrons. The molecule has 0 unspecified atom stereocenters. The molecule has 1 N–H and O–H groups in total. The first-order chi connectivity index (χ1) is 16.6. The van der Waals surface area contributed by atoms with Gasteiger partial charge in [0.1, 0.15) is 5.57 Å². The molecule has 8 nitrogen and oxygen atoms in total. The summed E-state index contributed by atoms with van der Waals surface area (Å²) in [6.45, 7) is 7.58. The van der Waals surface area contributed by atoms with Gasteiger partial charge in [0.25, 0.3) is 11.8 Å². The second-order valence-electron chi connectivity index (χ2n) is 8.45. The number of nitrogens with one attached hydrogen (secondary N) is 1. The Balaban J connectivity index is 1.78. The summed E-state index contributed by atoms with van der Waals surface area (Å²) in [6, 6.07) is 13.2. The van der Waals surface area contributed by atoms with Crippen LogP contribution < -0.4 is 10.2 Å². The van der Waals surface area contributed by atoms with Crippen molar-refractivity contribution in [1.82, 2.24) is 9.88 Å². The van der Waals surface area contributed by atoms with E-state index in [0.29, 0.717) is 16.8 Å². The number of carbonyl (C=O) groups is 4. The van der Waals surface area contributed by atoms with Gasteiger partial charge in [-0.25, -0.2) is 14.5 Å². The van der Waals surface area contributed by atoms with Crippen molar-refractivity contribution in [3.05, 3.63) is 87.7 Å². The normalized spacial score (nSPS) is 14.9. The molecule has 0 aliphatic carbocycles. The van der Waals surface area contributed by atoms with Gasteiger partial charge in [-0.3, -0.25) is 14.9 Å². The number of barbiturate groups is 1. The van der Waals surface area contributed by atoms with Crippen molar-refractivity contribution in [2.24, 2.45) is 0 Å². The lowest BCUT2D eigenvalue weighted by Gasteiger charge is -2.26. The predicted octanol–water partition coefficient (Wildman–Crippen LogP) is 4.16. The Morgan fingerprint density at radius 3 is 2.29 bits per heavy atom. The van der Waals surface area contributed by atoms with Crippen LogP contribution in [0.5, 0.6) is 0 Å². The molecule has 8 heteroatoms. The average Bonchev–Trinajstić information content (AvgIpc) is 3.10. The monoisotopic (exact) mass is 471 g/mol. The zero-order chi connectivity index (χ0) is 25.4. The zero-order valence-electron chi connectivity index (χ0n) is 20.1. The Morgan fingerprint density at radius 2 is 1.63 bits per heavy atom. The molecule has 4 rings (SSSR count). The van der Waals surface area contributed by atoms with Crippen LogP contribution >= 0.6 is 0 Å². The fraction of sp³-hybridized carbons (Fsp3) is 0.185. The quantitative estimate of drug-likeness (QED) is 0.350. The smallest absolute Gasteiger partial charge is 0.337 e. The van der Waals surface area contributed by atoms with E-state index in [1.807, 2.05) is 44.4 Å². The van der Waals surface area contributed by atoms with E-state index < -0.39 is 23.8 Å². The second kappa shape index (κ2) is 9.06. The summed E-state index contributed by atoms with van der Waals surface area (Å²) >= 11 is 0. The Hall–Kier alpha value is -4.46. The second-order valence-corrected chi connectivity index (χ2v) is 8.45. The maximum Gasteiger partial charge on any atom is 0.337 e. The highest BCUT2D eigenvalue weighted by Crippen LogP contribution is 2.28. The molecule has 0 atom stereocenters. The van der Waals surface area contributed by atoms with Crippen LogP contribution in [-0.4, -0.2) is 35.5 Å². The van der Waals surface area contributed by atoms with Crippen LogP contribution in [0.2, 0.25) is 0 Å². The molecular weight excluding hydrogens is 446 g/mol. The Kier molecular flexibility index (Phi) is 6.13. The number of hydrogen-bond donors (Lipinski definition) is 1. The average molecular weight is 472 g/mol. The molecule has 1 saturated heterocycles. The molecule has 2 heterocycles. The molecule has 0 saturated carbocycles. The van der Waals surface area contributed by atoms with Crippen LogP contribution in [0.4, 0.5) is 10.5 Å². The van der Waals surface area contributed by atoms with E-state index in [1.165, 1.54) is 13.2 Å². The van der Waals surface area contributed by atoms with Gasteiger partial charge in [0.15, 0.2) is 0 Å². The van der Waals surface area contributed by atoms with Crippen LogP contribution in [-0.2, 0) is 14.3 Å². The fourth-order valence-electron chi connectivity index (χ4n) is 4.14. The minimum atomic E-state index is -0.790. The van der Waals surface area contributed by atoms with Gasteiger partial charge in [-0.05, 0) is 75.2 Å². The van der Waals surface area contributed by atoms with Gasteiger partial charge in [0.05, 0.1) is 18.4 Å². The van der Waals surface area contributed by atoms with E-state index in [-0.39, 0.29) is 5.57 Å². The fourth-order valence-corrected chi connectivity index (χ4v) is 4.14. The highest BCUT2D eigenvalue weighted by molar-refractivity contribution is 6.39. The standard InChI is InChI=1S/C27H25N3O5/c1-15-6-10-21(11-7-15)30-25(32)22(24(31)28-27(30)34)13-20-12-17(3)29(18(20)4)23-14-19(26(33)35-5)9-8-16(23)2/h6-14H,1-5H3,(H,28,31,34)/b22-13+. The van der Waals surface area contributed by atoms with Crippen molar-refractivity contribution in [3.63, 3.8) is 0 Å². The zero-order valence-corrected chi connectivity index (χ0v) is 20.1. The number of ether oxygens (including phenoxy) is 1. The number of amides is 4. The molecule has 1 fully saturated rings. The lowest BCUT2D eigenvalue weighted by Crippen LogP contribution is -2.54. The highest BCUT2D eigenvalue weighted by Gasteiger charge is 2.37. The first-order valence-corrected chi connectivity index (χ1v) is 11.0. The van der Waals surface area contributed by atoms with Gasteiger partial charge >= 0.3 is 12.0 Å². The van der Waals surface area contributed by atoms with Crippen LogP contribution in [0, 0.1) is 27.7 Å². The van der Waals surface area contributed by atoms with Gasteiger partial charge < -0.3 is 9.30 Å². The minimum absolute atomic E-state index is 0.148. The van der Waals surface area contributed by atoms with Crippen molar-refractivity contribution in [3.8, 4) is 5.69 Å². The van der Waals surface area contributed by atoms with E-state index in [2.05, 4.69) is 5.32 Å². The number of esters is 1. The van der Waals surface area contributed by atoms with Crippen LogP contribution in [0.15, 0.2) is 54.1 Å². The number of benzene rings is 2. The number of imide groups is 2. The molecular formula is C27H25N3O5. The van der Waals surface area contributed by atoms with Crippen LogP contribution in [0.3, 0.4) is 0 Å². The predicted molar refractivity (Wildman–Crippen MR) is 132 cm³/mol. The lowest BCUT2D eigenvalue weighted by atomic mass is 10.1. The summed E-state index contributed by atoms with van der Waals surface area (Å²) in [5.41, 5.74) is 5.57. The molecule has 1 aromatic heterocycles. The van der Waals surface area contributed by atoms with E-state index in [1.54, 1.807) is 36.4 Å². The highest BCUT2D eigenvalue weighted by atomic mass is 16.5. The number of hydrogen-bond acceptors (Lipinski definition) is 5. The van der Waals surface area contributed by atoms with Gasteiger partial charge in [0, 0.05) is 17.1 Å². The molecule has 0 radical (unpaired) electrons. The third-order valence-electron chi connectivity index (χ3n) is 6.04. The lowest BCUT2D eigenvalue weighted by molar-refractivity contribution is -0.122. The molecule has 1 aliphatic heterocycles. The topological polar surface area (TPSA) is 97.7 Å². The summed E-state index contributed by atoms with van der Waals surface area (Å²) in [6.07, 6.45) is 1.49. The number of methoxy groups -OCH3 is 1. The number of aromatic nitrogens is 1. The Labute approximate surface area is 202 Å². The first-order valence-electron chi connectivity index (χ1n) is 11.0. The van der Waals surface area contributed by atoms with Gasteiger partial charge in [-0.2, -0.15) is 0 Å². The van der Waals surface area contributed by atoms with Crippen molar-refractivity contribution >= 4 is 35.6 Å². The Bertz CT molecular complexity index is 1410. The number of aryl methyl sites for hydroxylation is 3. The number of urea groups is 1. The number of anilines is 1. The van der Waals surface area contributed by atoms with Gasteiger partial charge in [-0.15, -0.1) is 0 Å². The van der Waals surface area contributed by atoms with Gasteiger partial charge in [-0.1, -0.05) is 23.8 Å².